The summed E-state index contributed by atoms with van der Waals surface area (Å²) >= 11 is 0. The van der Waals surface area contributed by atoms with Crippen LogP contribution in [0.5, 0.6) is 0 Å². The van der Waals surface area contributed by atoms with Gasteiger partial charge in [-0.3, -0.25) is 0 Å². The van der Waals surface area contributed by atoms with Gasteiger partial charge >= 0.3 is 0 Å². The van der Waals surface area contributed by atoms with Crippen molar-refractivity contribution >= 4 is 5.95 Å². The Morgan fingerprint density at radius 3 is 2.62 bits per heavy atom. The van der Waals surface area contributed by atoms with Crippen molar-refractivity contribution in [3.05, 3.63) is 12.4 Å². The number of imidazole rings is 1. The molecule has 3 heteroatoms. The van der Waals surface area contributed by atoms with Crippen molar-refractivity contribution in [3.8, 4) is 0 Å². The van der Waals surface area contributed by atoms with Gasteiger partial charge in [0.25, 0.3) is 0 Å². The maximum absolute atomic E-state index is 5.76. The van der Waals surface area contributed by atoms with Crippen molar-refractivity contribution in [2.75, 3.05) is 5.73 Å². The van der Waals surface area contributed by atoms with Crippen LogP contribution in [0.2, 0.25) is 0 Å². The van der Waals surface area contributed by atoms with E-state index in [4.69, 9.17) is 5.73 Å². The lowest BCUT2D eigenvalue weighted by atomic mass is 9.87. The minimum absolute atomic E-state index is 0.596. The van der Waals surface area contributed by atoms with E-state index in [0.717, 1.165) is 5.92 Å². The number of nitrogens with zero attached hydrogens (tertiary/aromatic N) is 2. The van der Waals surface area contributed by atoms with E-state index in [2.05, 4.69) is 16.5 Å². The van der Waals surface area contributed by atoms with Crippen LogP contribution in [-0.4, -0.2) is 9.55 Å². The molecular formula is C10H17N3. The highest BCUT2D eigenvalue weighted by Crippen LogP contribution is 2.32. The van der Waals surface area contributed by atoms with Gasteiger partial charge in [0, 0.05) is 18.4 Å². The predicted molar refractivity (Wildman–Crippen MR) is 53.3 cm³/mol. The van der Waals surface area contributed by atoms with Crippen LogP contribution in [0.3, 0.4) is 0 Å². The summed E-state index contributed by atoms with van der Waals surface area (Å²) in [4.78, 5) is 4.05. The molecule has 0 aromatic carbocycles. The first-order valence-electron chi connectivity index (χ1n) is 5.05. The van der Waals surface area contributed by atoms with E-state index in [-0.39, 0.29) is 0 Å². The number of nitrogen functional groups attached to an aromatic ring is 1. The summed E-state index contributed by atoms with van der Waals surface area (Å²) in [5, 5.41) is 0. The Bertz CT molecular complexity index is 271. The largest absolute Gasteiger partial charge is 0.369 e. The third-order valence-corrected chi connectivity index (χ3v) is 3.08. The highest BCUT2D eigenvalue weighted by molar-refractivity contribution is 5.18. The van der Waals surface area contributed by atoms with Gasteiger partial charge in [-0.2, -0.15) is 0 Å². The number of hydrogen-bond acceptors (Lipinski definition) is 2. The molecule has 2 N–H and O–H groups in total. The molecule has 1 heterocycles. The number of hydrogen-bond donors (Lipinski definition) is 1. The van der Waals surface area contributed by atoms with Crippen molar-refractivity contribution in [1.29, 1.82) is 0 Å². The summed E-state index contributed by atoms with van der Waals surface area (Å²) in [6, 6.07) is 0.596. The van der Waals surface area contributed by atoms with Gasteiger partial charge in [-0.25, -0.2) is 4.98 Å². The topological polar surface area (TPSA) is 43.8 Å². The highest BCUT2D eigenvalue weighted by atomic mass is 15.2. The number of anilines is 1. The van der Waals surface area contributed by atoms with Gasteiger partial charge in [0.15, 0.2) is 5.95 Å². The first kappa shape index (κ1) is 8.60. The molecule has 1 aromatic rings. The van der Waals surface area contributed by atoms with Crippen LogP contribution < -0.4 is 5.73 Å². The molecule has 1 aliphatic rings. The fourth-order valence-electron chi connectivity index (χ4n) is 2.15. The Kier molecular flexibility index (Phi) is 2.25. The van der Waals surface area contributed by atoms with Crippen LogP contribution in [0.15, 0.2) is 12.4 Å². The van der Waals surface area contributed by atoms with Gasteiger partial charge in [0.1, 0.15) is 0 Å². The Hall–Kier alpha value is -0.990. The van der Waals surface area contributed by atoms with Crippen LogP contribution >= 0.6 is 0 Å². The lowest BCUT2D eigenvalue weighted by Crippen LogP contribution is -2.17. The van der Waals surface area contributed by atoms with Crippen LogP contribution in [0.4, 0.5) is 5.95 Å². The lowest BCUT2D eigenvalue weighted by molar-refractivity contribution is 0.291. The van der Waals surface area contributed by atoms with E-state index in [1.807, 2.05) is 6.20 Å². The molecule has 1 fully saturated rings. The zero-order valence-electron chi connectivity index (χ0n) is 8.11. The van der Waals surface area contributed by atoms with Gasteiger partial charge in [0.2, 0.25) is 0 Å². The highest BCUT2D eigenvalue weighted by Gasteiger charge is 2.20. The van der Waals surface area contributed by atoms with Crippen molar-refractivity contribution in [2.24, 2.45) is 5.92 Å². The normalized spacial score (nSPS) is 29.0. The summed E-state index contributed by atoms with van der Waals surface area (Å²) in [6.07, 6.45) is 8.93. The maximum Gasteiger partial charge on any atom is 0.200 e. The molecule has 0 bridgehead atoms. The zero-order valence-corrected chi connectivity index (χ0v) is 8.11. The molecule has 72 valence electrons. The summed E-state index contributed by atoms with van der Waals surface area (Å²) in [5.41, 5.74) is 5.76. The second-order valence-corrected chi connectivity index (χ2v) is 4.11. The van der Waals surface area contributed by atoms with Gasteiger partial charge in [0.05, 0.1) is 0 Å². The monoisotopic (exact) mass is 179 g/mol. The van der Waals surface area contributed by atoms with Gasteiger partial charge in [-0.1, -0.05) is 6.92 Å². The molecule has 0 saturated heterocycles. The molecule has 0 radical (unpaired) electrons. The number of aromatic nitrogens is 2. The average molecular weight is 179 g/mol. The molecule has 0 amide bonds. The molecule has 0 aliphatic heterocycles. The summed E-state index contributed by atoms with van der Waals surface area (Å²) < 4.78 is 2.12. The van der Waals surface area contributed by atoms with E-state index in [9.17, 15) is 0 Å². The van der Waals surface area contributed by atoms with Crippen LogP contribution in [0, 0.1) is 5.92 Å². The van der Waals surface area contributed by atoms with Crippen molar-refractivity contribution in [2.45, 2.75) is 38.6 Å². The fraction of sp³-hybridized carbons (Fsp3) is 0.700. The first-order valence-corrected chi connectivity index (χ1v) is 5.05. The lowest BCUT2D eigenvalue weighted by Gasteiger charge is -2.27. The Morgan fingerprint density at radius 1 is 1.38 bits per heavy atom. The molecule has 0 unspecified atom stereocenters. The fourth-order valence-corrected chi connectivity index (χ4v) is 2.15. The SMILES string of the molecule is CC1CCC(n2ccnc2N)CC1. The van der Waals surface area contributed by atoms with Gasteiger partial charge < -0.3 is 10.3 Å². The van der Waals surface area contributed by atoms with Crippen molar-refractivity contribution in [1.82, 2.24) is 9.55 Å². The van der Waals surface area contributed by atoms with E-state index in [1.165, 1.54) is 25.7 Å². The summed E-state index contributed by atoms with van der Waals surface area (Å²) in [7, 11) is 0. The van der Waals surface area contributed by atoms with Crippen molar-refractivity contribution in [3.63, 3.8) is 0 Å². The third-order valence-electron chi connectivity index (χ3n) is 3.08. The Labute approximate surface area is 79.0 Å². The first-order chi connectivity index (χ1) is 6.27. The van der Waals surface area contributed by atoms with Crippen LogP contribution in [-0.2, 0) is 0 Å². The summed E-state index contributed by atoms with van der Waals surface area (Å²) in [5.74, 6) is 1.56. The molecular weight excluding hydrogens is 162 g/mol. The van der Waals surface area contributed by atoms with Crippen molar-refractivity contribution < 1.29 is 0 Å². The number of rotatable bonds is 1. The molecule has 1 saturated carbocycles. The smallest absolute Gasteiger partial charge is 0.200 e. The quantitative estimate of drug-likeness (QED) is 0.718. The number of nitrogens with two attached hydrogens (primary N) is 1. The molecule has 13 heavy (non-hydrogen) atoms. The van der Waals surface area contributed by atoms with Crippen LogP contribution in [0.1, 0.15) is 38.6 Å². The molecule has 1 aliphatic carbocycles. The van der Waals surface area contributed by atoms with E-state index < -0.39 is 0 Å². The Morgan fingerprint density at radius 2 is 2.08 bits per heavy atom. The second kappa shape index (κ2) is 3.40. The van der Waals surface area contributed by atoms with E-state index in [1.54, 1.807) is 6.20 Å². The van der Waals surface area contributed by atoms with E-state index in [0.29, 0.717) is 12.0 Å². The molecule has 0 atom stereocenters. The van der Waals surface area contributed by atoms with Crippen LogP contribution in [0.25, 0.3) is 0 Å². The van der Waals surface area contributed by atoms with Gasteiger partial charge in [-0.15, -0.1) is 0 Å². The predicted octanol–water partition coefficient (Wildman–Crippen LogP) is 2.22. The standard InChI is InChI=1S/C10H17N3/c1-8-2-4-9(5-3-8)13-7-6-12-10(13)11/h6-9H,2-5H2,1H3,(H2,11,12). The Balaban J connectivity index is 2.06. The molecule has 2 rings (SSSR count). The zero-order chi connectivity index (χ0) is 9.26. The van der Waals surface area contributed by atoms with E-state index >= 15 is 0 Å². The van der Waals surface area contributed by atoms with Gasteiger partial charge in [-0.05, 0) is 31.6 Å². The maximum atomic E-state index is 5.76. The average Bonchev–Trinajstić information content (AvgIpc) is 2.53. The molecule has 3 nitrogen and oxygen atoms in total. The third kappa shape index (κ3) is 1.69. The second-order valence-electron chi connectivity index (χ2n) is 4.11. The molecule has 1 aromatic heterocycles. The minimum Gasteiger partial charge on any atom is -0.369 e. The minimum atomic E-state index is 0.596. The molecule has 0 spiro atoms. The summed E-state index contributed by atoms with van der Waals surface area (Å²) in [6.45, 7) is 2.33.